The van der Waals surface area contributed by atoms with Crippen LogP contribution in [0.15, 0.2) is 46.9 Å². The molecule has 2 aromatic rings. The fourth-order valence-corrected chi connectivity index (χ4v) is 2.16. The molecule has 0 fully saturated rings. The zero-order valence-corrected chi connectivity index (χ0v) is 13.9. The van der Waals surface area contributed by atoms with Crippen LogP contribution in [-0.4, -0.2) is 11.0 Å². The zero-order valence-electron chi connectivity index (χ0n) is 12.3. The normalized spacial score (nSPS) is 11.2. The Hall–Kier alpha value is -1.81. The molecule has 0 aliphatic carbocycles. The summed E-state index contributed by atoms with van der Waals surface area (Å²) in [5.41, 5.74) is 2.44. The van der Waals surface area contributed by atoms with E-state index in [1.165, 1.54) is 11.6 Å². The van der Waals surface area contributed by atoms with E-state index >= 15 is 0 Å². The number of aromatic hydroxyl groups is 1. The highest BCUT2D eigenvalue weighted by atomic mass is 79.9. The summed E-state index contributed by atoms with van der Waals surface area (Å²) in [6.45, 7) is 6.43. The van der Waals surface area contributed by atoms with Crippen LogP contribution in [0.25, 0.3) is 0 Å². The Morgan fingerprint density at radius 2 is 1.71 bits per heavy atom. The second kappa shape index (κ2) is 5.90. The van der Waals surface area contributed by atoms with E-state index in [0.717, 1.165) is 5.69 Å². The third kappa shape index (κ3) is 3.85. The number of nitrogens with one attached hydrogen (secondary N) is 1. The van der Waals surface area contributed by atoms with Gasteiger partial charge in [-0.25, -0.2) is 0 Å². The van der Waals surface area contributed by atoms with E-state index in [2.05, 4.69) is 42.0 Å². The topological polar surface area (TPSA) is 49.3 Å². The molecule has 0 aliphatic heterocycles. The molecule has 0 saturated heterocycles. The summed E-state index contributed by atoms with van der Waals surface area (Å²) in [4.78, 5) is 12.1. The van der Waals surface area contributed by atoms with Gasteiger partial charge in [0.1, 0.15) is 5.75 Å². The van der Waals surface area contributed by atoms with Crippen LogP contribution < -0.4 is 5.32 Å². The molecule has 3 nitrogen and oxygen atoms in total. The van der Waals surface area contributed by atoms with Crippen LogP contribution in [0.3, 0.4) is 0 Å². The van der Waals surface area contributed by atoms with Crippen molar-refractivity contribution in [2.24, 2.45) is 0 Å². The molecule has 4 heteroatoms. The van der Waals surface area contributed by atoms with Gasteiger partial charge < -0.3 is 10.4 Å². The summed E-state index contributed by atoms with van der Waals surface area (Å²) in [7, 11) is 0. The van der Waals surface area contributed by atoms with E-state index in [0.29, 0.717) is 10.0 Å². The van der Waals surface area contributed by atoms with Gasteiger partial charge in [-0.05, 0) is 57.2 Å². The Morgan fingerprint density at radius 1 is 1.10 bits per heavy atom. The van der Waals surface area contributed by atoms with E-state index in [1.54, 1.807) is 12.1 Å². The lowest BCUT2D eigenvalue weighted by molar-refractivity contribution is 0.102. The third-order valence-electron chi connectivity index (χ3n) is 3.22. The summed E-state index contributed by atoms with van der Waals surface area (Å²) >= 11 is 3.19. The van der Waals surface area contributed by atoms with Crippen molar-refractivity contribution in [1.82, 2.24) is 0 Å². The number of phenols is 1. The van der Waals surface area contributed by atoms with Crippen molar-refractivity contribution in [2.45, 2.75) is 26.2 Å². The molecular weight excluding hydrogens is 330 g/mol. The van der Waals surface area contributed by atoms with Gasteiger partial charge in [-0.3, -0.25) is 4.79 Å². The van der Waals surface area contributed by atoms with Crippen LogP contribution in [0.1, 0.15) is 36.7 Å². The number of benzene rings is 2. The van der Waals surface area contributed by atoms with Gasteiger partial charge >= 0.3 is 0 Å². The molecule has 2 N–H and O–H groups in total. The lowest BCUT2D eigenvalue weighted by atomic mass is 9.87. The van der Waals surface area contributed by atoms with Crippen LogP contribution in [0.4, 0.5) is 5.69 Å². The Kier molecular flexibility index (Phi) is 4.37. The van der Waals surface area contributed by atoms with Gasteiger partial charge in [0.2, 0.25) is 0 Å². The van der Waals surface area contributed by atoms with Gasteiger partial charge in [0.25, 0.3) is 5.91 Å². The lowest BCUT2D eigenvalue weighted by Crippen LogP contribution is -2.13. The molecule has 2 rings (SSSR count). The van der Waals surface area contributed by atoms with Gasteiger partial charge in [0.05, 0.1) is 4.47 Å². The van der Waals surface area contributed by atoms with E-state index in [4.69, 9.17) is 0 Å². The van der Waals surface area contributed by atoms with Crippen molar-refractivity contribution in [1.29, 1.82) is 0 Å². The smallest absolute Gasteiger partial charge is 0.255 e. The van der Waals surface area contributed by atoms with Crippen molar-refractivity contribution in [3.05, 3.63) is 58.1 Å². The molecule has 2 aromatic carbocycles. The second-order valence-corrected chi connectivity index (χ2v) is 6.80. The molecule has 0 heterocycles. The second-order valence-electron chi connectivity index (χ2n) is 5.95. The number of hydrogen-bond donors (Lipinski definition) is 2. The Balaban J connectivity index is 2.14. The Labute approximate surface area is 133 Å². The van der Waals surface area contributed by atoms with Gasteiger partial charge in [0.15, 0.2) is 0 Å². The molecule has 0 radical (unpaired) electrons. The Morgan fingerprint density at radius 3 is 2.24 bits per heavy atom. The quantitative estimate of drug-likeness (QED) is 0.826. The zero-order chi connectivity index (χ0) is 15.6. The number of amides is 1. The van der Waals surface area contributed by atoms with Crippen molar-refractivity contribution in [2.75, 3.05) is 5.32 Å². The van der Waals surface area contributed by atoms with Gasteiger partial charge in [-0.15, -0.1) is 0 Å². The number of anilines is 1. The van der Waals surface area contributed by atoms with Crippen LogP contribution in [-0.2, 0) is 5.41 Å². The number of phenolic OH excluding ortho intramolecular Hbond substituents is 1. The van der Waals surface area contributed by atoms with Crippen molar-refractivity contribution < 1.29 is 9.90 Å². The molecule has 0 spiro atoms. The molecule has 0 atom stereocenters. The minimum atomic E-state index is -0.249. The van der Waals surface area contributed by atoms with E-state index in [1.807, 2.05) is 24.3 Å². The first kappa shape index (κ1) is 15.6. The SMILES string of the molecule is CC(C)(C)c1ccc(NC(=O)c2ccc(Br)c(O)c2)cc1. The van der Waals surface area contributed by atoms with E-state index < -0.39 is 0 Å². The summed E-state index contributed by atoms with van der Waals surface area (Å²) in [6.07, 6.45) is 0. The monoisotopic (exact) mass is 347 g/mol. The maximum Gasteiger partial charge on any atom is 0.255 e. The predicted molar refractivity (Wildman–Crippen MR) is 88.9 cm³/mol. The minimum Gasteiger partial charge on any atom is -0.507 e. The Bertz CT molecular complexity index is 657. The van der Waals surface area contributed by atoms with Gasteiger partial charge in [-0.2, -0.15) is 0 Å². The molecule has 1 amide bonds. The maximum atomic E-state index is 12.1. The number of rotatable bonds is 2. The lowest BCUT2D eigenvalue weighted by Gasteiger charge is -2.19. The van der Waals surface area contributed by atoms with E-state index in [9.17, 15) is 9.90 Å². The first-order valence-electron chi connectivity index (χ1n) is 6.68. The molecule has 0 aromatic heterocycles. The first-order valence-corrected chi connectivity index (χ1v) is 7.47. The highest BCUT2D eigenvalue weighted by Gasteiger charge is 2.13. The number of hydrogen-bond acceptors (Lipinski definition) is 2. The molecule has 0 aliphatic rings. The summed E-state index contributed by atoms with van der Waals surface area (Å²) < 4.78 is 0.564. The predicted octanol–water partition coefficient (Wildman–Crippen LogP) is 4.70. The highest BCUT2D eigenvalue weighted by Crippen LogP contribution is 2.26. The first-order chi connectivity index (χ1) is 9.77. The molecule has 110 valence electrons. The van der Waals surface area contributed by atoms with Crippen LogP contribution in [0, 0.1) is 0 Å². The highest BCUT2D eigenvalue weighted by molar-refractivity contribution is 9.10. The number of carbonyl (C=O) groups excluding carboxylic acids is 1. The molecular formula is C17H18BrNO2. The molecule has 21 heavy (non-hydrogen) atoms. The standard InChI is InChI=1S/C17H18BrNO2/c1-17(2,3)12-5-7-13(8-6-12)19-16(21)11-4-9-14(18)15(20)10-11/h4-10,20H,1-3H3,(H,19,21). The fourth-order valence-electron chi connectivity index (χ4n) is 1.91. The van der Waals surface area contributed by atoms with Crippen LogP contribution >= 0.6 is 15.9 Å². The average molecular weight is 348 g/mol. The fraction of sp³-hybridized carbons (Fsp3) is 0.235. The molecule has 0 saturated carbocycles. The van der Waals surface area contributed by atoms with Gasteiger partial charge in [0, 0.05) is 11.3 Å². The van der Waals surface area contributed by atoms with Crippen molar-refractivity contribution >= 4 is 27.5 Å². The van der Waals surface area contributed by atoms with Crippen molar-refractivity contribution in [3.8, 4) is 5.75 Å². The summed E-state index contributed by atoms with van der Waals surface area (Å²) in [6, 6.07) is 12.5. The van der Waals surface area contributed by atoms with Crippen molar-refractivity contribution in [3.63, 3.8) is 0 Å². The minimum absolute atomic E-state index is 0.0470. The maximum absolute atomic E-state index is 12.1. The molecule has 0 unspecified atom stereocenters. The summed E-state index contributed by atoms with van der Waals surface area (Å²) in [5.74, 6) is -0.202. The van der Waals surface area contributed by atoms with Crippen LogP contribution in [0.5, 0.6) is 5.75 Å². The van der Waals surface area contributed by atoms with Gasteiger partial charge in [-0.1, -0.05) is 32.9 Å². The third-order valence-corrected chi connectivity index (χ3v) is 3.89. The molecule has 0 bridgehead atoms. The largest absolute Gasteiger partial charge is 0.507 e. The van der Waals surface area contributed by atoms with Crippen LogP contribution in [0.2, 0.25) is 0 Å². The van der Waals surface area contributed by atoms with E-state index in [-0.39, 0.29) is 17.1 Å². The summed E-state index contributed by atoms with van der Waals surface area (Å²) in [5, 5.41) is 12.4. The average Bonchev–Trinajstić information content (AvgIpc) is 2.41. The number of carbonyl (C=O) groups is 1. The number of halogens is 1.